The number of benzene rings is 1. The van der Waals surface area contributed by atoms with Crippen LogP contribution < -0.4 is 0 Å². The molecule has 114 valence electrons. The molecule has 3 aliphatic rings. The van der Waals surface area contributed by atoms with Gasteiger partial charge in [-0.1, -0.05) is 12.1 Å². The Morgan fingerprint density at radius 2 is 1.91 bits per heavy atom. The van der Waals surface area contributed by atoms with Gasteiger partial charge in [0.2, 0.25) is 0 Å². The highest BCUT2D eigenvalue weighted by Gasteiger charge is 2.54. The summed E-state index contributed by atoms with van der Waals surface area (Å²) in [4.78, 5) is 4.85. The summed E-state index contributed by atoms with van der Waals surface area (Å²) in [6, 6.07) is 7.85. The van der Waals surface area contributed by atoms with Gasteiger partial charge in [-0.3, -0.25) is 0 Å². The maximum absolute atomic E-state index is 9.62. The normalized spacial score (nSPS) is 35.4. The quantitative estimate of drug-likeness (QED) is 0.699. The predicted molar refractivity (Wildman–Crippen MR) is 93.4 cm³/mol. The summed E-state index contributed by atoms with van der Waals surface area (Å²) in [5.41, 5.74) is 1.34. The van der Waals surface area contributed by atoms with Crippen LogP contribution in [0.15, 0.2) is 29.3 Å². The van der Waals surface area contributed by atoms with Crippen molar-refractivity contribution in [3.63, 3.8) is 0 Å². The number of phenols is 1. The van der Waals surface area contributed by atoms with Crippen molar-refractivity contribution in [1.29, 1.82) is 0 Å². The Morgan fingerprint density at radius 3 is 2.73 bits per heavy atom. The Bertz CT molecular complexity index is 778. The molecule has 2 saturated carbocycles. The van der Waals surface area contributed by atoms with Crippen molar-refractivity contribution in [3.05, 3.63) is 38.7 Å². The van der Waals surface area contributed by atoms with Crippen LogP contribution in [0.25, 0.3) is 0 Å². The van der Waals surface area contributed by atoms with Gasteiger partial charge in [-0.15, -0.1) is 23.1 Å². The molecular weight excluding hydrogens is 330 g/mol. The molecular formula is C17H17NOS3. The zero-order valence-corrected chi connectivity index (χ0v) is 14.4. The number of H-pyrrole nitrogens is 1. The first-order valence-corrected chi connectivity index (χ1v) is 10.00. The van der Waals surface area contributed by atoms with Crippen LogP contribution in [-0.2, 0) is 0 Å². The van der Waals surface area contributed by atoms with E-state index in [0.29, 0.717) is 11.7 Å². The number of fused-ring (bicyclic) bond motifs is 6. The largest absolute Gasteiger partial charge is 0.508 e. The number of thiazole rings is 1. The van der Waals surface area contributed by atoms with E-state index in [2.05, 4.69) is 28.9 Å². The van der Waals surface area contributed by atoms with Gasteiger partial charge in [-0.25, -0.2) is 0 Å². The molecule has 0 radical (unpaired) electrons. The number of aromatic nitrogens is 1. The highest BCUT2D eigenvalue weighted by molar-refractivity contribution is 8.00. The van der Waals surface area contributed by atoms with Gasteiger partial charge in [0.1, 0.15) is 5.75 Å². The molecule has 5 heteroatoms. The van der Waals surface area contributed by atoms with Crippen LogP contribution in [0.2, 0.25) is 0 Å². The zero-order chi connectivity index (χ0) is 14.8. The minimum atomic E-state index is 0.348. The summed E-state index contributed by atoms with van der Waals surface area (Å²) < 4.78 is 0.897. The second kappa shape index (κ2) is 4.86. The van der Waals surface area contributed by atoms with Crippen molar-refractivity contribution >= 4 is 35.3 Å². The summed E-state index contributed by atoms with van der Waals surface area (Å²) in [6.45, 7) is 0. The number of hydrogen-bond donors (Lipinski definition) is 2. The molecule has 2 aliphatic carbocycles. The zero-order valence-electron chi connectivity index (χ0n) is 12.0. The third-order valence-corrected chi connectivity index (χ3v) is 8.69. The Morgan fingerprint density at radius 1 is 1.14 bits per heavy atom. The van der Waals surface area contributed by atoms with E-state index in [1.165, 1.54) is 34.7 Å². The third kappa shape index (κ3) is 1.88. The number of rotatable bonds is 1. The number of phenolic OH excluding ortho intramolecular Hbond substituents is 1. The summed E-state index contributed by atoms with van der Waals surface area (Å²) in [5, 5.41) is 11.7. The number of hydrogen-bond acceptors (Lipinski definition) is 4. The van der Waals surface area contributed by atoms with Gasteiger partial charge in [0.25, 0.3) is 0 Å². The van der Waals surface area contributed by atoms with Gasteiger partial charge >= 0.3 is 0 Å². The lowest BCUT2D eigenvalue weighted by molar-refractivity contribution is 0.307. The molecule has 2 N–H and O–H groups in total. The summed E-state index contributed by atoms with van der Waals surface area (Å²) in [6.07, 6.45) is 4.21. The molecule has 1 aromatic carbocycles. The molecule has 0 spiro atoms. The van der Waals surface area contributed by atoms with Gasteiger partial charge < -0.3 is 10.1 Å². The highest BCUT2D eigenvalue weighted by atomic mass is 32.2. The SMILES string of the molecule is Oc1ccc(C2c3sc(=S)[nH]c3SC3C4CCC(C4)C23)cc1. The molecule has 2 nitrogen and oxygen atoms in total. The predicted octanol–water partition coefficient (Wildman–Crippen LogP) is 5.16. The molecule has 0 saturated heterocycles. The fourth-order valence-electron chi connectivity index (χ4n) is 4.90. The molecule has 22 heavy (non-hydrogen) atoms. The van der Waals surface area contributed by atoms with Crippen LogP contribution >= 0.6 is 35.3 Å². The number of aromatic amines is 1. The number of aromatic hydroxyl groups is 1. The highest BCUT2D eigenvalue weighted by Crippen LogP contribution is 2.64. The van der Waals surface area contributed by atoms with Gasteiger partial charge in [0.15, 0.2) is 3.95 Å². The molecule has 2 aromatic rings. The van der Waals surface area contributed by atoms with Crippen molar-refractivity contribution in [1.82, 2.24) is 4.98 Å². The third-order valence-electron chi connectivity index (χ3n) is 5.72. The molecule has 5 unspecified atom stereocenters. The van der Waals surface area contributed by atoms with Crippen LogP contribution in [0.5, 0.6) is 5.75 Å². The first-order valence-electron chi connectivity index (χ1n) is 7.89. The average Bonchev–Trinajstić information content (AvgIpc) is 3.19. The van der Waals surface area contributed by atoms with Crippen LogP contribution in [0.1, 0.15) is 35.6 Å². The molecule has 2 bridgehead atoms. The minimum Gasteiger partial charge on any atom is -0.508 e. The van der Waals surface area contributed by atoms with Gasteiger partial charge in [0, 0.05) is 16.0 Å². The monoisotopic (exact) mass is 347 g/mol. The topological polar surface area (TPSA) is 36.0 Å². The average molecular weight is 348 g/mol. The first-order chi connectivity index (χ1) is 10.7. The van der Waals surface area contributed by atoms with Gasteiger partial charge in [-0.05, 0) is 66.9 Å². The smallest absolute Gasteiger partial charge is 0.159 e. The van der Waals surface area contributed by atoms with E-state index < -0.39 is 0 Å². The molecule has 5 rings (SSSR count). The summed E-state index contributed by atoms with van der Waals surface area (Å²) in [7, 11) is 0. The minimum absolute atomic E-state index is 0.348. The molecule has 1 aromatic heterocycles. The second-order valence-electron chi connectivity index (χ2n) is 6.77. The lowest BCUT2D eigenvalue weighted by Crippen LogP contribution is -2.33. The van der Waals surface area contributed by atoms with Crippen molar-refractivity contribution in [2.75, 3.05) is 0 Å². The van der Waals surface area contributed by atoms with E-state index in [4.69, 9.17) is 12.2 Å². The fraction of sp³-hybridized carbons (Fsp3) is 0.471. The van der Waals surface area contributed by atoms with Crippen LogP contribution in [0.3, 0.4) is 0 Å². The van der Waals surface area contributed by atoms with Crippen LogP contribution in [0.4, 0.5) is 0 Å². The molecule has 0 amide bonds. The summed E-state index contributed by atoms with van der Waals surface area (Å²) in [5.74, 6) is 3.29. The Balaban J connectivity index is 1.68. The lowest BCUT2D eigenvalue weighted by Gasteiger charge is -2.40. The van der Waals surface area contributed by atoms with Gasteiger partial charge in [0.05, 0.1) is 5.03 Å². The van der Waals surface area contributed by atoms with E-state index in [9.17, 15) is 5.11 Å². The standard InChI is InChI=1S/C17H17NOS3/c19-11-5-3-8(4-6-11)12-13-9-1-2-10(7-9)14(13)21-16-15(12)22-17(20)18-16/h3-6,9-10,12-14,19H,1-2,7H2,(H,18,20). The van der Waals surface area contributed by atoms with E-state index in [1.807, 2.05) is 12.1 Å². The van der Waals surface area contributed by atoms with Crippen LogP contribution in [0, 0.1) is 21.7 Å². The lowest BCUT2D eigenvalue weighted by atomic mass is 9.75. The fourth-order valence-corrected chi connectivity index (χ4v) is 8.24. The Labute approximate surface area is 143 Å². The maximum Gasteiger partial charge on any atom is 0.159 e. The van der Waals surface area contributed by atoms with Crippen molar-refractivity contribution in [2.45, 2.75) is 35.5 Å². The maximum atomic E-state index is 9.62. The van der Waals surface area contributed by atoms with Crippen molar-refractivity contribution in [3.8, 4) is 5.75 Å². The van der Waals surface area contributed by atoms with Crippen LogP contribution in [-0.4, -0.2) is 15.3 Å². The summed E-state index contributed by atoms with van der Waals surface area (Å²) >= 11 is 9.22. The van der Waals surface area contributed by atoms with E-state index in [-0.39, 0.29) is 0 Å². The van der Waals surface area contributed by atoms with Gasteiger partial charge in [-0.2, -0.15) is 0 Å². The van der Waals surface area contributed by atoms with E-state index in [1.54, 1.807) is 11.3 Å². The number of thioether (sulfide) groups is 1. The van der Waals surface area contributed by atoms with E-state index in [0.717, 1.165) is 27.0 Å². The first kappa shape index (κ1) is 13.6. The molecule has 1 aliphatic heterocycles. The Kier molecular flexibility index (Phi) is 3.01. The molecule has 2 fully saturated rings. The Hall–Kier alpha value is -0.780. The van der Waals surface area contributed by atoms with Crippen molar-refractivity contribution in [2.24, 2.45) is 17.8 Å². The molecule has 2 heterocycles. The van der Waals surface area contributed by atoms with Crippen molar-refractivity contribution < 1.29 is 5.11 Å². The number of nitrogens with one attached hydrogen (secondary N) is 1. The molecule has 5 atom stereocenters. The second-order valence-corrected chi connectivity index (χ2v) is 9.68. The van der Waals surface area contributed by atoms with E-state index >= 15 is 0 Å².